The lowest BCUT2D eigenvalue weighted by Gasteiger charge is -2.32. The molecular weight excluding hydrogens is 200 g/mol. The van der Waals surface area contributed by atoms with Crippen LogP contribution in [0, 0.1) is 18.3 Å². The fourth-order valence-corrected chi connectivity index (χ4v) is 1.98. The van der Waals surface area contributed by atoms with E-state index < -0.39 is 0 Å². The van der Waals surface area contributed by atoms with Gasteiger partial charge in [0.1, 0.15) is 11.9 Å². The zero-order chi connectivity index (χ0) is 11.5. The van der Waals surface area contributed by atoms with E-state index in [9.17, 15) is 0 Å². The number of anilines is 1. The minimum Gasteiger partial charge on any atom is -0.354 e. The van der Waals surface area contributed by atoms with Crippen LogP contribution in [-0.2, 0) is 0 Å². The lowest BCUT2D eigenvalue weighted by Crippen LogP contribution is -2.49. The van der Waals surface area contributed by atoms with Crippen molar-refractivity contribution < 1.29 is 0 Å². The van der Waals surface area contributed by atoms with Gasteiger partial charge in [0.2, 0.25) is 0 Å². The van der Waals surface area contributed by atoms with Gasteiger partial charge >= 0.3 is 0 Å². The Kier molecular flexibility index (Phi) is 3.07. The molecule has 0 spiro atoms. The first-order valence-electron chi connectivity index (χ1n) is 5.57. The summed E-state index contributed by atoms with van der Waals surface area (Å²) in [4.78, 5) is 6.74. The van der Waals surface area contributed by atoms with Gasteiger partial charge in [0.25, 0.3) is 0 Å². The van der Waals surface area contributed by atoms with Gasteiger partial charge in [-0.1, -0.05) is 0 Å². The summed E-state index contributed by atoms with van der Waals surface area (Å²) in [6.45, 7) is 6.99. The number of nitrogens with zero attached hydrogens (tertiary/aromatic N) is 3. The number of rotatable bonds is 1. The van der Waals surface area contributed by atoms with Crippen molar-refractivity contribution in [2.75, 3.05) is 24.5 Å². The lowest BCUT2D eigenvalue weighted by atomic mass is 10.2. The predicted octanol–water partition coefficient (Wildman–Crippen LogP) is 1.06. The molecule has 0 amide bonds. The standard InChI is InChI=1S/C12H16N4/c1-9-8-16(6-5-14-9)12-4-3-11(7-13)10(2)15-12/h3-4,9,14H,5-6,8H2,1-2H3. The normalized spacial score (nSPS) is 20.6. The van der Waals surface area contributed by atoms with Gasteiger partial charge in [0.05, 0.1) is 11.3 Å². The SMILES string of the molecule is Cc1nc(N2CCNC(C)C2)ccc1C#N. The van der Waals surface area contributed by atoms with Gasteiger partial charge in [-0.3, -0.25) is 0 Å². The third kappa shape index (κ3) is 2.15. The van der Waals surface area contributed by atoms with E-state index in [0.717, 1.165) is 31.1 Å². The first-order valence-corrected chi connectivity index (χ1v) is 5.57. The molecule has 0 saturated carbocycles. The van der Waals surface area contributed by atoms with Crippen LogP contribution in [0.1, 0.15) is 18.2 Å². The number of hydrogen-bond donors (Lipinski definition) is 1. The van der Waals surface area contributed by atoms with Gasteiger partial charge in [-0.25, -0.2) is 4.98 Å². The van der Waals surface area contributed by atoms with Gasteiger partial charge in [0.15, 0.2) is 0 Å². The van der Waals surface area contributed by atoms with E-state index in [1.807, 2.05) is 19.1 Å². The summed E-state index contributed by atoms with van der Waals surface area (Å²) in [5.41, 5.74) is 1.47. The average Bonchev–Trinajstić information content (AvgIpc) is 2.29. The van der Waals surface area contributed by atoms with Crippen molar-refractivity contribution in [3.8, 4) is 6.07 Å². The summed E-state index contributed by atoms with van der Waals surface area (Å²) < 4.78 is 0. The summed E-state index contributed by atoms with van der Waals surface area (Å²) in [7, 11) is 0. The molecule has 1 aromatic rings. The van der Waals surface area contributed by atoms with Crippen LogP contribution in [0.4, 0.5) is 5.82 Å². The van der Waals surface area contributed by atoms with E-state index in [-0.39, 0.29) is 0 Å². The Bertz CT molecular complexity index is 422. The summed E-state index contributed by atoms with van der Waals surface area (Å²) >= 11 is 0. The van der Waals surface area contributed by atoms with Gasteiger partial charge < -0.3 is 10.2 Å². The quantitative estimate of drug-likeness (QED) is 0.762. The Morgan fingerprint density at radius 1 is 1.56 bits per heavy atom. The molecule has 0 aliphatic carbocycles. The molecule has 1 aliphatic rings. The summed E-state index contributed by atoms with van der Waals surface area (Å²) in [5, 5.41) is 12.2. The topological polar surface area (TPSA) is 52.0 Å². The monoisotopic (exact) mass is 216 g/mol. The van der Waals surface area contributed by atoms with Crippen molar-refractivity contribution in [2.45, 2.75) is 19.9 Å². The van der Waals surface area contributed by atoms with Crippen molar-refractivity contribution >= 4 is 5.82 Å². The Balaban J connectivity index is 2.21. The van der Waals surface area contributed by atoms with E-state index >= 15 is 0 Å². The highest BCUT2D eigenvalue weighted by Gasteiger charge is 2.17. The molecule has 2 rings (SSSR count). The molecule has 4 heteroatoms. The highest BCUT2D eigenvalue weighted by atomic mass is 15.2. The maximum Gasteiger partial charge on any atom is 0.128 e. The van der Waals surface area contributed by atoms with Crippen molar-refractivity contribution in [2.24, 2.45) is 0 Å². The number of piperazine rings is 1. The van der Waals surface area contributed by atoms with E-state index in [1.54, 1.807) is 0 Å². The van der Waals surface area contributed by atoms with Crippen LogP contribution in [-0.4, -0.2) is 30.7 Å². The maximum absolute atomic E-state index is 8.85. The number of aromatic nitrogens is 1. The Morgan fingerprint density at radius 2 is 2.38 bits per heavy atom. The average molecular weight is 216 g/mol. The third-order valence-corrected chi connectivity index (χ3v) is 2.88. The minimum absolute atomic E-state index is 0.492. The van der Waals surface area contributed by atoms with Crippen LogP contribution in [0.15, 0.2) is 12.1 Å². The highest BCUT2D eigenvalue weighted by Crippen LogP contribution is 2.15. The molecule has 1 fully saturated rings. The molecule has 1 atom stereocenters. The molecule has 1 aromatic heterocycles. The van der Waals surface area contributed by atoms with E-state index in [4.69, 9.17) is 5.26 Å². The number of nitriles is 1. The van der Waals surface area contributed by atoms with Gasteiger partial charge in [-0.15, -0.1) is 0 Å². The van der Waals surface area contributed by atoms with Crippen molar-refractivity contribution in [3.05, 3.63) is 23.4 Å². The smallest absolute Gasteiger partial charge is 0.128 e. The molecule has 1 saturated heterocycles. The molecule has 2 heterocycles. The lowest BCUT2D eigenvalue weighted by molar-refractivity contribution is 0.482. The second kappa shape index (κ2) is 4.50. The highest BCUT2D eigenvalue weighted by molar-refractivity contribution is 5.45. The Labute approximate surface area is 95.9 Å². The maximum atomic E-state index is 8.85. The van der Waals surface area contributed by atoms with Crippen LogP contribution in [0.3, 0.4) is 0 Å². The van der Waals surface area contributed by atoms with Crippen LogP contribution < -0.4 is 10.2 Å². The molecule has 1 unspecified atom stereocenters. The first kappa shape index (κ1) is 10.9. The van der Waals surface area contributed by atoms with Crippen molar-refractivity contribution in [3.63, 3.8) is 0 Å². The largest absolute Gasteiger partial charge is 0.354 e. The molecule has 0 bridgehead atoms. The molecular formula is C12H16N4. The zero-order valence-electron chi connectivity index (χ0n) is 9.70. The Hall–Kier alpha value is -1.60. The molecule has 1 N–H and O–H groups in total. The zero-order valence-corrected chi connectivity index (χ0v) is 9.70. The summed E-state index contributed by atoms with van der Waals surface area (Å²) in [6, 6.07) is 6.42. The second-order valence-electron chi connectivity index (χ2n) is 4.22. The summed E-state index contributed by atoms with van der Waals surface area (Å²) in [6.07, 6.45) is 0. The first-order chi connectivity index (χ1) is 7.70. The molecule has 0 aromatic carbocycles. The van der Waals surface area contributed by atoms with Crippen LogP contribution >= 0.6 is 0 Å². The van der Waals surface area contributed by atoms with Crippen LogP contribution in [0.25, 0.3) is 0 Å². The van der Waals surface area contributed by atoms with Crippen LogP contribution in [0.2, 0.25) is 0 Å². The number of aryl methyl sites for hydroxylation is 1. The van der Waals surface area contributed by atoms with E-state index in [1.165, 1.54) is 0 Å². The third-order valence-electron chi connectivity index (χ3n) is 2.88. The summed E-state index contributed by atoms with van der Waals surface area (Å²) in [5.74, 6) is 0.977. The molecule has 0 radical (unpaired) electrons. The number of nitrogens with one attached hydrogen (secondary N) is 1. The fraction of sp³-hybridized carbons (Fsp3) is 0.500. The predicted molar refractivity (Wildman–Crippen MR) is 63.4 cm³/mol. The van der Waals surface area contributed by atoms with Crippen LogP contribution in [0.5, 0.6) is 0 Å². The molecule has 4 nitrogen and oxygen atoms in total. The van der Waals surface area contributed by atoms with Crippen molar-refractivity contribution in [1.29, 1.82) is 5.26 Å². The fourth-order valence-electron chi connectivity index (χ4n) is 1.98. The minimum atomic E-state index is 0.492. The second-order valence-corrected chi connectivity index (χ2v) is 4.22. The van der Waals surface area contributed by atoms with E-state index in [2.05, 4.69) is 28.2 Å². The number of pyridine rings is 1. The van der Waals surface area contributed by atoms with Gasteiger partial charge in [-0.05, 0) is 26.0 Å². The molecule has 84 valence electrons. The molecule has 1 aliphatic heterocycles. The Morgan fingerprint density at radius 3 is 3.00 bits per heavy atom. The van der Waals surface area contributed by atoms with E-state index in [0.29, 0.717) is 11.6 Å². The van der Waals surface area contributed by atoms with Gasteiger partial charge in [-0.2, -0.15) is 5.26 Å². The molecule has 16 heavy (non-hydrogen) atoms. The van der Waals surface area contributed by atoms with Gasteiger partial charge in [0, 0.05) is 25.7 Å². The van der Waals surface area contributed by atoms with Crippen molar-refractivity contribution in [1.82, 2.24) is 10.3 Å². The number of hydrogen-bond acceptors (Lipinski definition) is 4.